The van der Waals surface area contributed by atoms with Gasteiger partial charge in [-0.15, -0.1) is 0 Å². The van der Waals surface area contributed by atoms with Gasteiger partial charge < -0.3 is 5.11 Å². The van der Waals surface area contributed by atoms with Crippen LogP contribution in [0, 0.1) is 0 Å². The van der Waals surface area contributed by atoms with E-state index in [2.05, 4.69) is 4.98 Å². The molecular formula is C13H13NO. The van der Waals surface area contributed by atoms with Crippen molar-refractivity contribution < 1.29 is 5.11 Å². The summed E-state index contributed by atoms with van der Waals surface area (Å²) in [6.45, 7) is 1.99. The van der Waals surface area contributed by atoms with Crippen molar-refractivity contribution in [2.24, 2.45) is 0 Å². The van der Waals surface area contributed by atoms with Gasteiger partial charge in [-0.1, -0.05) is 30.3 Å². The fraction of sp³-hybridized carbons (Fsp3) is 0.154. The SMILES string of the molecule is CC(=Cc1cccc2cccnc12)CO. The Morgan fingerprint density at radius 3 is 2.93 bits per heavy atom. The highest BCUT2D eigenvalue weighted by Gasteiger charge is 1.98. The normalized spacial score (nSPS) is 12.0. The monoisotopic (exact) mass is 199 g/mol. The van der Waals surface area contributed by atoms with Crippen LogP contribution in [0.15, 0.2) is 42.1 Å². The second-order valence-corrected chi connectivity index (χ2v) is 3.57. The Kier molecular flexibility index (Phi) is 2.79. The molecule has 2 aromatic rings. The van der Waals surface area contributed by atoms with Crippen molar-refractivity contribution in [3.05, 3.63) is 47.7 Å². The number of aliphatic hydroxyl groups excluding tert-OH is 1. The van der Waals surface area contributed by atoms with Gasteiger partial charge >= 0.3 is 0 Å². The molecule has 0 fully saturated rings. The number of para-hydroxylation sites is 1. The molecule has 2 nitrogen and oxygen atoms in total. The standard InChI is InChI=1S/C13H13NO/c1-10(9-15)8-12-5-2-4-11-6-3-7-14-13(11)12/h2-8,15H,9H2,1H3. The molecule has 0 spiro atoms. The fourth-order valence-electron chi connectivity index (χ4n) is 1.56. The van der Waals surface area contributed by atoms with Crippen LogP contribution in [0.5, 0.6) is 0 Å². The summed E-state index contributed by atoms with van der Waals surface area (Å²) in [7, 11) is 0. The van der Waals surface area contributed by atoms with E-state index in [-0.39, 0.29) is 6.61 Å². The number of rotatable bonds is 2. The van der Waals surface area contributed by atoms with Crippen LogP contribution in [0.25, 0.3) is 17.0 Å². The van der Waals surface area contributed by atoms with Gasteiger partial charge in [0.1, 0.15) is 0 Å². The Labute approximate surface area is 88.9 Å². The number of hydrogen-bond acceptors (Lipinski definition) is 2. The van der Waals surface area contributed by atoms with Crippen molar-refractivity contribution in [2.75, 3.05) is 6.61 Å². The Morgan fingerprint density at radius 1 is 1.33 bits per heavy atom. The minimum Gasteiger partial charge on any atom is -0.392 e. The minimum absolute atomic E-state index is 0.0865. The molecule has 0 aliphatic carbocycles. The summed E-state index contributed by atoms with van der Waals surface area (Å²) in [4.78, 5) is 4.34. The van der Waals surface area contributed by atoms with Crippen molar-refractivity contribution in [1.82, 2.24) is 4.98 Å². The van der Waals surface area contributed by atoms with E-state index in [4.69, 9.17) is 5.11 Å². The van der Waals surface area contributed by atoms with E-state index < -0.39 is 0 Å². The van der Waals surface area contributed by atoms with Gasteiger partial charge in [-0.2, -0.15) is 0 Å². The second kappa shape index (κ2) is 4.24. The number of fused-ring (bicyclic) bond motifs is 1. The van der Waals surface area contributed by atoms with E-state index in [0.717, 1.165) is 22.0 Å². The molecule has 0 amide bonds. The van der Waals surface area contributed by atoms with Crippen LogP contribution >= 0.6 is 0 Å². The number of aliphatic hydroxyl groups is 1. The lowest BCUT2D eigenvalue weighted by Gasteiger charge is -2.01. The van der Waals surface area contributed by atoms with Crippen molar-refractivity contribution in [2.45, 2.75) is 6.92 Å². The van der Waals surface area contributed by atoms with Crippen molar-refractivity contribution in [1.29, 1.82) is 0 Å². The first kappa shape index (κ1) is 9.87. The van der Waals surface area contributed by atoms with Gasteiger partial charge in [-0.05, 0) is 18.6 Å². The van der Waals surface area contributed by atoms with Gasteiger partial charge in [0, 0.05) is 17.1 Å². The van der Waals surface area contributed by atoms with Crippen LogP contribution in [0.2, 0.25) is 0 Å². The molecule has 15 heavy (non-hydrogen) atoms. The van der Waals surface area contributed by atoms with Crippen LogP contribution in [0.4, 0.5) is 0 Å². The Balaban J connectivity index is 2.61. The maximum Gasteiger partial charge on any atom is 0.0774 e. The largest absolute Gasteiger partial charge is 0.392 e. The van der Waals surface area contributed by atoms with Crippen molar-refractivity contribution >= 4 is 17.0 Å². The number of aromatic nitrogens is 1. The summed E-state index contributed by atoms with van der Waals surface area (Å²) in [5.74, 6) is 0. The zero-order chi connectivity index (χ0) is 10.7. The molecule has 2 rings (SSSR count). The minimum atomic E-state index is 0.0865. The molecule has 0 saturated carbocycles. The molecule has 1 heterocycles. The summed E-state index contributed by atoms with van der Waals surface area (Å²) in [5, 5.41) is 10.1. The molecule has 0 aliphatic heterocycles. The maximum atomic E-state index is 8.98. The van der Waals surface area contributed by atoms with Gasteiger partial charge in [-0.25, -0.2) is 0 Å². The van der Waals surface area contributed by atoms with E-state index in [1.807, 2.05) is 43.3 Å². The molecule has 0 unspecified atom stereocenters. The molecule has 0 atom stereocenters. The average Bonchev–Trinajstić information content (AvgIpc) is 2.29. The Bertz CT molecular complexity index is 497. The fourth-order valence-corrected chi connectivity index (χ4v) is 1.56. The van der Waals surface area contributed by atoms with E-state index in [1.54, 1.807) is 6.20 Å². The molecular weight excluding hydrogens is 186 g/mol. The molecule has 1 aromatic carbocycles. The summed E-state index contributed by atoms with van der Waals surface area (Å²) in [5.41, 5.74) is 2.97. The first-order valence-corrected chi connectivity index (χ1v) is 4.93. The highest BCUT2D eigenvalue weighted by molar-refractivity contribution is 5.87. The molecule has 0 aliphatic rings. The number of benzene rings is 1. The van der Waals surface area contributed by atoms with Gasteiger partial charge in [0.2, 0.25) is 0 Å². The molecule has 1 N–H and O–H groups in total. The van der Waals surface area contributed by atoms with E-state index >= 15 is 0 Å². The molecule has 76 valence electrons. The quantitative estimate of drug-likeness (QED) is 0.806. The van der Waals surface area contributed by atoms with Crippen LogP contribution in [-0.2, 0) is 0 Å². The Hall–Kier alpha value is -1.67. The Morgan fingerprint density at radius 2 is 2.13 bits per heavy atom. The lowest BCUT2D eigenvalue weighted by Crippen LogP contribution is -1.86. The summed E-state index contributed by atoms with van der Waals surface area (Å²) < 4.78 is 0. The number of pyridine rings is 1. The zero-order valence-corrected chi connectivity index (χ0v) is 8.64. The third-order valence-electron chi connectivity index (χ3n) is 2.32. The third-order valence-corrected chi connectivity index (χ3v) is 2.32. The van der Waals surface area contributed by atoms with E-state index in [0.29, 0.717) is 0 Å². The highest BCUT2D eigenvalue weighted by Crippen LogP contribution is 2.18. The van der Waals surface area contributed by atoms with Crippen LogP contribution < -0.4 is 0 Å². The van der Waals surface area contributed by atoms with Gasteiger partial charge in [0.05, 0.1) is 12.1 Å². The lowest BCUT2D eigenvalue weighted by atomic mass is 10.1. The molecule has 1 aromatic heterocycles. The zero-order valence-electron chi connectivity index (χ0n) is 8.64. The van der Waals surface area contributed by atoms with Crippen molar-refractivity contribution in [3.8, 4) is 0 Å². The van der Waals surface area contributed by atoms with E-state index in [1.165, 1.54) is 0 Å². The molecule has 2 heteroatoms. The van der Waals surface area contributed by atoms with Crippen LogP contribution in [-0.4, -0.2) is 16.7 Å². The van der Waals surface area contributed by atoms with Crippen molar-refractivity contribution in [3.63, 3.8) is 0 Å². The highest BCUT2D eigenvalue weighted by atomic mass is 16.3. The molecule has 0 radical (unpaired) electrons. The first-order chi connectivity index (χ1) is 7.31. The van der Waals surface area contributed by atoms with Crippen LogP contribution in [0.1, 0.15) is 12.5 Å². The van der Waals surface area contributed by atoms with Gasteiger partial charge in [0.25, 0.3) is 0 Å². The van der Waals surface area contributed by atoms with E-state index in [9.17, 15) is 0 Å². The second-order valence-electron chi connectivity index (χ2n) is 3.57. The molecule has 0 saturated heterocycles. The summed E-state index contributed by atoms with van der Waals surface area (Å²) in [6, 6.07) is 10.0. The number of nitrogens with zero attached hydrogens (tertiary/aromatic N) is 1. The average molecular weight is 199 g/mol. The predicted molar refractivity (Wildman–Crippen MR) is 62.5 cm³/mol. The lowest BCUT2D eigenvalue weighted by molar-refractivity contribution is 0.332. The van der Waals surface area contributed by atoms with Crippen LogP contribution in [0.3, 0.4) is 0 Å². The molecule has 0 bridgehead atoms. The van der Waals surface area contributed by atoms with Gasteiger partial charge in [-0.3, -0.25) is 4.98 Å². The summed E-state index contributed by atoms with van der Waals surface area (Å²) in [6.07, 6.45) is 3.75. The topological polar surface area (TPSA) is 33.1 Å². The number of hydrogen-bond donors (Lipinski definition) is 1. The smallest absolute Gasteiger partial charge is 0.0774 e. The third kappa shape index (κ3) is 2.05. The first-order valence-electron chi connectivity index (χ1n) is 4.93. The van der Waals surface area contributed by atoms with Gasteiger partial charge in [0.15, 0.2) is 0 Å². The predicted octanol–water partition coefficient (Wildman–Crippen LogP) is 2.63. The summed E-state index contributed by atoms with van der Waals surface area (Å²) >= 11 is 0. The maximum absolute atomic E-state index is 8.98.